The molecular weight excluding hydrogens is 402 g/mol. The molecule has 0 radical (unpaired) electrons. The maximum atomic E-state index is 12.2. The molecule has 7 nitrogen and oxygen atoms in total. The number of guanidine groups is 1. The van der Waals surface area contributed by atoms with Crippen LogP contribution >= 0.6 is 0 Å². The maximum absolute atomic E-state index is 12.2. The molecule has 172 valence electrons. The highest BCUT2D eigenvalue weighted by Gasteiger charge is 2.21. The van der Waals surface area contributed by atoms with Gasteiger partial charge in [-0.15, -0.1) is 0 Å². The van der Waals surface area contributed by atoms with E-state index in [0.29, 0.717) is 12.1 Å². The summed E-state index contributed by atoms with van der Waals surface area (Å²) in [6, 6.07) is 16.1. The minimum Gasteiger partial charge on any atom is -0.495 e. The summed E-state index contributed by atoms with van der Waals surface area (Å²) in [6.07, 6.45) is 0.917. The number of rotatable bonds is 7. The average molecular weight is 438 g/mol. The number of hydrogen-bond donors (Lipinski definition) is 2. The third-order valence-corrected chi connectivity index (χ3v) is 5.87. The molecule has 1 aliphatic heterocycles. The molecule has 0 spiro atoms. The zero-order chi connectivity index (χ0) is 22.9. The van der Waals surface area contributed by atoms with Crippen molar-refractivity contribution < 1.29 is 9.53 Å². The lowest BCUT2D eigenvalue weighted by Crippen LogP contribution is -2.52. The first-order valence-electron chi connectivity index (χ1n) is 11.3. The first kappa shape index (κ1) is 23.4. The third kappa shape index (κ3) is 5.93. The van der Waals surface area contributed by atoms with E-state index in [1.54, 1.807) is 7.11 Å². The summed E-state index contributed by atoms with van der Waals surface area (Å²) in [5.41, 5.74) is 2.93. The number of para-hydroxylation sites is 2. The molecule has 1 fully saturated rings. The Bertz CT molecular complexity index is 905. The van der Waals surface area contributed by atoms with Gasteiger partial charge in [0.1, 0.15) is 5.75 Å². The van der Waals surface area contributed by atoms with E-state index in [0.717, 1.165) is 55.6 Å². The Hall–Kier alpha value is -3.22. The number of aliphatic imine (C=N–C) groups is 1. The minimum absolute atomic E-state index is 0.0254. The van der Waals surface area contributed by atoms with Crippen molar-refractivity contribution in [2.75, 3.05) is 45.2 Å². The highest BCUT2D eigenvalue weighted by atomic mass is 16.5. The summed E-state index contributed by atoms with van der Waals surface area (Å²) in [4.78, 5) is 21.4. The van der Waals surface area contributed by atoms with Gasteiger partial charge in [-0.1, -0.05) is 31.2 Å². The lowest BCUT2D eigenvalue weighted by atomic mass is 10.1. The lowest BCUT2D eigenvalue weighted by molar-refractivity contribution is 0.0939. The van der Waals surface area contributed by atoms with Crippen LogP contribution in [0.15, 0.2) is 53.5 Å². The summed E-state index contributed by atoms with van der Waals surface area (Å²) in [5.74, 6) is 1.77. The summed E-state index contributed by atoms with van der Waals surface area (Å²) in [6.45, 7) is 8.30. The molecule has 7 heteroatoms. The Morgan fingerprint density at radius 1 is 1.09 bits per heavy atom. The van der Waals surface area contributed by atoms with E-state index in [1.165, 1.54) is 0 Å². The van der Waals surface area contributed by atoms with Crippen LogP contribution in [0, 0.1) is 0 Å². The number of ether oxygens (including phenoxy) is 1. The molecule has 2 aromatic carbocycles. The first-order chi connectivity index (χ1) is 15.5. The standard InChI is InChI=1S/C25H35N5O2/c1-5-19(2)28-24(31)21-12-10-20(11-13-21)18-27-25(26-3)30-16-14-29(15-17-30)22-8-6-7-9-23(22)32-4/h6-13,19H,5,14-18H2,1-4H3,(H,26,27)(H,28,31). The van der Waals surface area contributed by atoms with E-state index < -0.39 is 0 Å². The molecule has 2 aromatic rings. The fourth-order valence-electron chi connectivity index (χ4n) is 3.75. The van der Waals surface area contributed by atoms with Crippen LogP contribution in [0.2, 0.25) is 0 Å². The number of hydrogen-bond acceptors (Lipinski definition) is 4. The van der Waals surface area contributed by atoms with Crippen LogP contribution in [-0.2, 0) is 6.54 Å². The van der Waals surface area contributed by atoms with Crippen molar-refractivity contribution in [1.82, 2.24) is 15.5 Å². The predicted molar refractivity (Wildman–Crippen MR) is 131 cm³/mol. The van der Waals surface area contributed by atoms with Crippen LogP contribution < -0.4 is 20.3 Å². The Kier molecular flexibility index (Phi) is 8.36. The number of methoxy groups -OCH3 is 1. The number of carbonyl (C=O) groups is 1. The van der Waals surface area contributed by atoms with Crippen molar-refractivity contribution in [2.45, 2.75) is 32.9 Å². The van der Waals surface area contributed by atoms with Crippen LogP contribution in [0.4, 0.5) is 5.69 Å². The topological polar surface area (TPSA) is 69.2 Å². The number of piperazine rings is 1. The quantitative estimate of drug-likeness (QED) is 0.515. The molecule has 2 N–H and O–H groups in total. The van der Waals surface area contributed by atoms with Gasteiger partial charge in [-0.25, -0.2) is 0 Å². The highest BCUT2D eigenvalue weighted by Crippen LogP contribution is 2.28. The molecule has 1 heterocycles. The molecule has 1 aliphatic rings. The van der Waals surface area contributed by atoms with E-state index in [-0.39, 0.29) is 11.9 Å². The van der Waals surface area contributed by atoms with Gasteiger partial charge in [-0.3, -0.25) is 9.79 Å². The van der Waals surface area contributed by atoms with Crippen molar-refractivity contribution in [1.29, 1.82) is 0 Å². The van der Waals surface area contributed by atoms with Gasteiger partial charge in [0, 0.05) is 51.4 Å². The summed E-state index contributed by atoms with van der Waals surface area (Å²) in [7, 11) is 3.53. The monoisotopic (exact) mass is 437 g/mol. The molecule has 1 saturated heterocycles. The van der Waals surface area contributed by atoms with E-state index >= 15 is 0 Å². The van der Waals surface area contributed by atoms with Crippen LogP contribution in [0.25, 0.3) is 0 Å². The maximum Gasteiger partial charge on any atom is 0.251 e. The predicted octanol–water partition coefficient (Wildman–Crippen LogP) is 3.12. The molecular formula is C25H35N5O2. The second-order valence-corrected chi connectivity index (χ2v) is 8.03. The third-order valence-electron chi connectivity index (χ3n) is 5.87. The summed E-state index contributed by atoms with van der Waals surface area (Å²) >= 11 is 0. The zero-order valence-corrected chi connectivity index (χ0v) is 19.6. The summed E-state index contributed by atoms with van der Waals surface area (Å²) < 4.78 is 5.51. The van der Waals surface area contributed by atoms with Crippen LogP contribution in [0.1, 0.15) is 36.2 Å². The van der Waals surface area contributed by atoms with Gasteiger partial charge >= 0.3 is 0 Å². The van der Waals surface area contributed by atoms with Gasteiger partial charge in [-0.05, 0) is 43.2 Å². The second-order valence-electron chi connectivity index (χ2n) is 8.03. The van der Waals surface area contributed by atoms with Gasteiger partial charge in [0.2, 0.25) is 0 Å². The highest BCUT2D eigenvalue weighted by molar-refractivity contribution is 5.94. The number of anilines is 1. The Labute approximate surface area is 191 Å². The van der Waals surface area contributed by atoms with Crippen LogP contribution in [-0.4, -0.2) is 63.1 Å². The summed E-state index contributed by atoms with van der Waals surface area (Å²) in [5, 5.41) is 6.45. The Morgan fingerprint density at radius 2 is 1.78 bits per heavy atom. The number of nitrogens with zero attached hydrogens (tertiary/aromatic N) is 3. The molecule has 1 unspecified atom stereocenters. The van der Waals surface area contributed by atoms with Crippen molar-refractivity contribution >= 4 is 17.6 Å². The normalized spacial score (nSPS) is 15.3. The molecule has 0 aromatic heterocycles. The van der Waals surface area contributed by atoms with Crippen LogP contribution in [0.5, 0.6) is 5.75 Å². The Balaban J connectivity index is 1.52. The van der Waals surface area contributed by atoms with Gasteiger partial charge in [-0.2, -0.15) is 0 Å². The molecule has 1 atom stereocenters. The smallest absolute Gasteiger partial charge is 0.251 e. The van der Waals surface area contributed by atoms with Gasteiger partial charge in [0.15, 0.2) is 5.96 Å². The minimum atomic E-state index is -0.0254. The van der Waals surface area contributed by atoms with Crippen LogP contribution in [0.3, 0.4) is 0 Å². The van der Waals surface area contributed by atoms with E-state index in [2.05, 4.69) is 38.4 Å². The van der Waals surface area contributed by atoms with Crippen molar-refractivity contribution in [3.05, 3.63) is 59.7 Å². The van der Waals surface area contributed by atoms with Crippen molar-refractivity contribution in [3.63, 3.8) is 0 Å². The zero-order valence-electron chi connectivity index (χ0n) is 19.6. The molecule has 0 aliphatic carbocycles. The van der Waals surface area contributed by atoms with E-state index in [1.807, 2.05) is 56.4 Å². The van der Waals surface area contributed by atoms with E-state index in [4.69, 9.17) is 4.74 Å². The lowest BCUT2D eigenvalue weighted by Gasteiger charge is -2.38. The molecule has 0 bridgehead atoms. The fourth-order valence-corrected chi connectivity index (χ4v) is 3.75. The van der Waals surface area contributed by atoms with Crippen molar-refractivity contribution in [2.24, 2.45) is 4.99 Å². The van der Waals surface area contributed by atoms with Gasteiger partial charge in [0.05, 0.1) is 12.8 Å². The second kappa shape index (κ2) is 11.4. The molecule has 1 amide bonds. The van der Waals surface area contributed by atoms with Gasteiger partial charge in [0.25, 0.3) is 5.91 Å². The van der Waals surface area contributed by atoms with Gasteiger partial charge < -0.3 is 25.2 Å². The SMILES string of the molecule is CCC(C)NC(=O)c1ccc(CNC(=NC)N2CCN(c3ccccc3OC)CC2)cc1. The number of nitrogens with one attached hydrogen (secondary N) is 2. The van der Waals surface area contributed by atoms with Crippen molar-refractivity contribution in [3.8, 4) is 5.75 Å². The number of benzene rings is 2. The molecule has 0 saturated carbocycles. The first-order valence-corrected chi connectivity index (χ1v) is 11.3. The average Bonchev–Trinajstić information content (AvgIpc) is 2.85. The molecule has 32 heavy (non-hydrogen) atoms. The molecule has 3 rings (SSSR count). The largest absolute Gasteiger partial charge is 0.495 e. The van der Waals surface area contributed by atoms with E-state index in [9.17, 15) is 4.79 Å². The number of carbonyl (C=O) groups excluding carboxylic acids is 1. The number of amides is 1. The Morgan fingerprint density at radius 3 is 2.41 bits per heavy atom. The fraction of sp³-hybridized carbons (Fsp3) is 0.440.